The van der Waals surface area contributed by atoms with E-state index in [1.54, 1.807) is 0 Å². The van der Waals surface area contributed by atoms with Gasteiger partial charge in [-0.1, -0.05) is 141 Å². The van der Waals surface area contributed by atoms with Crippen molar-refractivity contribution in [2.75, 3.05) is 5.32 Å². The SMILES string of the molecule is CC1(C)c2ccccc2Oc2ccc(-c3ccccc3Nc3cc(-c4cccc(-c5ccccc5)c4)cc(-c4cccc5c4oc4ccccc45)c3)cc21. The molecule has 0 amide bonds. The second kappa shape index (κ2) is 12.7. The van der Waals surface area contributed by atoms with E-state index in [9.17, 15) is 0 Å². The Morgan fingerprint density at radius 2 is 1.07 bits per heavy atom. The summed E-state index contributed by atoms with van der Waals surface area (Å²) in [7, 11) is 0. The quantitative estimate of drug-likeness (QED) is 0.188. The molecule has 0 atom stereocenters. The Morgan fingerprint density at radius 1 is 0.426 bits per heavy atom. The molecule has 0 bridgehead atoms. The van der Waals surface area contributed by atoms with E-state index in [0.717, 1.165) is 78.2 Å². The van der Waals surface area contributed by atoms with E-state index in [4.69, 9.17) is 9.15 Å². The van der Waals surface area contributed by atoms with Gasteiger partial charge in [-0.05, 0) is 88.0 Å². The van der Waals surface area contributed by atoms with Crippen LogP contribution < -0.4 is 10.1 Å². The first-order valence-corrected chi connectivity index (χ1v) is 18.5. The van der Waals surface area contributed by atoms with Crippen LogP contribution in [0.2, 0.25) is 0 Å². The number of nitrogens with one attached hydrogen (secondary N) is 1. The fraction of sp³-hybridized carbons (Fsp3) is 0.0588. The van der Waals surface area contributed by atoms with E-state index < -0.39 is 0 Å². The first-order chi connectivity index (χ1) is 26.5. The van der Waals surface area contributed by atoms with Crippen LogP contribution in [-0.2, 0) is 5.41 Å². The van der Waals surface area contributed by atoms with Crippen molar-refractivity contribution in [2.24, 2.45) is 0 Å². The summed E-state index contributed by atoms with van der Waals surface area (Å²) >= 11 is 0. The summed E-state index contributed by atoms with van der Waals surface area (Å²) in [5.74, 6) is 1.83. The molecule has 54 heavy (non-hydrogen) atoms. The third-order valence-electron chi connectivity index (χ3n) is 10.9. The number of fused-ring (bicyclic) bond motifs is 5. The molecule has 10 rings (SSSR count). The number of rotatable bonds is 6. The van der Waals surface area contributed by atoms with Gasteiger partial charge in [0.2, 0.25) is 0 Å². The zero-order valence-corrected chi connectivity index (χ0v) is 30.1. The van der Waals surface area contributed by atoms with E-state index in [2.05, 4.69) is 183 Å². The highest BCUT2D eigenvalue weighted by Gasteiger charge is 2.34. The number of furan rings is 1. The number of benzene rings is 8. The number of hydrogen-bond acceptors (Lipinski definition) is 3. The first-order valence-electron chi connectivity index (χ1n) is 18.5. The summed E-state index contributed by atoms with van der Waals surface area (Å²) in [6, 6.07) is 64.3. The van der Waals surface area contributed by atoms with Crippen molar-refractivity contribution in [3.63, 3.8) is 0 Å². The van der Waals surface area contributed by atoms with Gasteiger partial charge in [0, 0.05) is 49.8 Å². The molecule has 0 saturated heterocycles. The normalized spacial score (nSPS) is 12.9. The molecule has 2 heterocycles. The van der Waals surface area contributed by atoms with Crippen molar-refractivity contribution in [2.45, 2.75) is 19.3 Å². The van der Waals surface area contributed by atoms with Crippen LogP contribution in [0.3, 0.4) is 0 Å². The second-order valence-corrected chi connectivity index (χ2v) is 14.6. The molecule has 3 nitrogen and oxygen atoms in total. The van der Waals surface area contributed by atoms with E-state index in [1.165, 1.54) is 22.3 Å². The highest BCUT2D eigenvalue weighted by molar-refractivity contribution is 6.09. The van der Waals surface area contributed by atoms with E-state index in [0.29, 0.717) is 0 Å². The van der Waals surface area contributed by atoms with Gasteiger partial charge in [-0.25, -0.2) is 0 Å². The fourth-order valence-corrected chi connectivity index (χ4v) is 8.12. The topological polar surface area (TPSA) is 34.4 Å². The highest BCUT2D eigenvalue weighted by atomic mass is 16.5. The van der Waals surface area contributed by atoms with Crippen LogP contribution in [0.5, 0.6) is 11.5 Å². The maximum Gasteiger partial charge on any atom is 0.143 e. The van der Waals surface area contributed by atoms with Crippen LogP contribution in [0, 0.1) is 0 Å². The van der Waals surface area contributed by atoms with Crippen LogP contribution in [0.1, 0.15) is 25.0 Å². The Bertz CT molecular complexity index is 2860. The first kappa shape index (κ1) is 31.9. The highest BCUT2D eigenvalue weighted by Crippen LogP contribution is 2.49. The summed E-state index contributed by atoms with van der Waals surface area (Å²) < 4.78 is 13.0. The molecule has 258 valence electrons. The average Bonchev–Trinajstić information content (AvgIpc) is 3.60. The van der Waals surface area contributed by atoms with Gasteiger partial charge in [0.25, 0.3) is 0 Å². The number of ether oxygens (including phenoxy) is 1. The molecule has 8 aromatic carbocycles. The van der Waals surface area contributed by atoms with Crippen LogP contribution in [0.15, 0.2) is 186 Å². The molecule has 0 spiro atoms. The lowest BCUT2D eigenvalue weighted by Crippen LogP contribution is -2.24. The van der Waals surface area contributed by atoms with Crippen molar-refractivity contribution in [1.29, 1.82) is 0 Å². The lowest BCUT2D eigenvalue weighted by Gasteiger charge is -2.34. The van der Waals surface area contributed by atoms with E-state index >= 15 is 0 Å². The largest absolute Gasteiger partial charge is 0.457 e. The minimum atomic E-state index is -0.211. The standard InChI is InChI=1S/C51H37NO2/c1-51(2)44-22-8-11-25-48(44)53-49-27-26-36(32-45(49)51)40-18-6-9-23-46(40)52-39-30-37(35-17-12-16-34(28-35)33-14-4-3-5-15-33)29-38(31-39)41-20-13-21-43-42-19-7-10-24-47(42)54-50(41)43/h3-32,52H,1-2H3. The Morgan fingerprint density at radius 3 is 1.98 bits per heavy atom. The Balaban J connectivity index is 1.10. The third-order valence-corrected chi connectivity index (χ3v) is 10.9. The van der Waals surface area contributed by atoms with E-state index in [-0.39, 0.29) is 5.41 Å². The fourth-order valence-electron chi connectivity index (χ4n) is 8.12. The molecule has 1 N–H and O–H groups in total. The minimum Gasteiger partial charge on any atom is -0.457 e. The maximum absolute atomic E-state index is 6.55. The summed E-state index contributed by atoms with van der Waals surface area (Å²) in [6.45, 7) is 4.56. The molecular formula is C51H37NO2. The zero-order chi connectivity index (χ0) is 36.2. The lowest BCUT2D eigenvalue weighted by atomic mass is 9.75. The molecule has 1 aromatic heterocycles. The smallest absolute Gasteiger partial charge is 0.143 e. The summed E-state index contributed by atoms with van der Waals surface area (Å²) in [5, 5.41) is 6.10. The van der Waals surface area contributed by atoms with E-state index in [1.807, 2.05) is 18.2 Å². The molecule has 0 fully saturated rings. The van der Waals surface area contributed by atoms with Gasteiger partial charge < -0.3 is 14.5 Å². The third kappa shape index (κ3) is 5.45. The van der Waals surface area contributed by atoms with Crippen molar-refractivity contribution in [3.05, 3.63) is 193 Å². The molecule has 1 aliphatic heterocycles. The Labute approximate surface area is 315 Å². The van der Waals surface area contributed by atoms with Crippen LogP contribution in [0.25, 0.3) is 66.4 Å². The predicted molar refractivity (Wildman–Crippen MR) is 224 cm³/mol. The summed E-state index contributed by atoms with van der Waals surface area (Å²) in [4.78, 5) is 0. The van der Waals surface area contributed by atoms with Crippen molar-refractivity contribution in [3.8, 4) is 56.0 Å². The molecule has 9 aromatic rings. The van der Waals surface area contributed by atoms with Gasteiger partial charge in [-0.2, -0.15) is 0 Å². The monoisotopic (exact) mass is 695 g/mol. The van der Waals surface area contributed by atoms with Gasteiger partial charge in [0.15, 0.2) is 0 Å². The number of hydrogen-bond donors (Lipinski definition) is 1. The number of para-hydroxylation sites is 4. The molecule has 0 radical (unpaired) electrons. The Kier molecular flexibility index (Phi) is 7.48. The average molecular weight is 696 g/mol. The summed E-state index contributed by atoms with van der Waals surface area (Å²) in [6.07, 6.45) is 0. The van der Waals surface area contributed by atoms with Gasteiger partial charge in [-0.15, -0.1) is 0 Å². The van der Waals surface area contributed by atoms with Crippen molar-refractivity contribution >= 4 is 33.3 Å². The zero-order valence-electron chi connectivity index (χ0n) is 30.1. The van der Waals surface area contributed by atoms with Crippen molar-refractivity contribution in [1.82, 2.24) is 0 Å². The van der Waals surface area contributed by atoms with Gasteiger partial charge in [-0.3, -0.25) is 0 Å². The Hall–Kier alpha value is -6.84. The summed E-state index contributed by atoms with van der Waals surface area (Å²) in [5.41, 5.74) is 15.0. The second-order valence-electron chi connectivity index (χ2n) is 14.6. The van der Waals surface area contributed by atoms with Gasteiger partial charge in [0.05, 0.1) is 0 Å². The molecule has 0 aliphatic carbocycles. The van der Waals surface area contributed by atoms with Crippen molar-refractivity contribution < 1.29 is 9.15 Å². The number of anilines is 2. The molecular weight excluding hydrogens is 659 g/mol. The minimum absolute atomic E-state index is 0.211. The van der Waals surface area contributed by atoms with Gasteiger partial charge in [0.1, 0.15) is 22.7 Å². The van der Waals surface area contributed by atoms with Crippen LogP contribution in [0.4, 0.5) is 11.4 Å². The molecule has 0 saturated carbocycles. The molecule has 1 aliphatic rings. The molecule has 0 unspecified atom stereocenters. The maximum atomic E-state index is 6.55. The van der Waals surface area contributed by atoms with Crippen LogP contribution in [-0.4, -0.2) is 0 Å². The lowest BCUT2D eigenvalue weighted by molar-refractivity contribution is 0.418. The predicted octanol–water partition coefficient (Wildman–Crippen LogP) is 14.4. The molecule has 3 heteroatoms. The van der Waals surface area contributed by atoms with Crippen LogP contribution >= 0.6 is 0 Å². The van der Waals surface area contributed by atoms with Gasteiger partial charge >= 0.3 is 0 Å².